The highest BCUT2D eigenvalue weighted by molar-refractivity contribution is 5.39. The van der Waals surface area contributed by atoms with E-state index in [9.17, 15) is 10.2 Å². The van der Waals surface area contributed by atoms with E-state index in [-0.39, 0.29) is 5.75 Å². The molecule has 0 saturated carbocycles. The van der Waals surface area contributed by atoms with Gasteiger partial charge in [-0.3, -0.25) is 0 Å². The van der Waals surface area contributed by atoms with Gasteiger partial charge in [-0.05, 0) is 24.1 Å². The third-order valence-electron chi connectivity index (χ3n) is 2.10. The highest BCUT2D eigenvalue weighted by atomic mass is 16.3. The Morgan fingerprint density at radius 3 is 2.57 bits per heavy atom. The lowest BCUT2D eigenvalue weighted by Gasteiger charge is -2.15. The predicted octanol–water partition coefficient (Wildman–Crippen LogP) is 0.618. The molecule has 0 fully saturated rings. The summed E-state index contributed by atoms with van der Waals surface area (Å²) in [6.45, 7) is 1.61. The predicted molar refractivity (Wildman–Crippen MR) is 49.4 cm³/mol. The maximum Gasteiger partial charge on any atom is 0.170 e. The molecule has 2 unspecified atom stereocenters. The van der Waals surface area contributed by atoms with E-state index < -0.39 is 12.2 Å². The van der Waals surface area contributed by atoms with Crippen molar-refractivity contribution in [3.8, 4) is 11.8 Å². The fourth-order valence-electron chi connectivity index (χ4n) is 1.20. The van der Waals surface area contributed by atoms with E-state index in [4.69, 9.17) is 10.4 Å². The third kappa shape index (κ3) is 1.84. The van der Waals surface area contributed by atoms with Crippen molar-refractivity contribution < 1.29 is 15.3 Å². The highest BCUT2D eigenvalue weighted by Gasteiger charge is 2.20. The molecule has 1 aromatic rings. The van der Waals surface area contributed by atoms with Crippen LogP contribution in [0.4, 0.5) is 0 Å². The van der Waals surface area contributed by atoms with Crippen molar-refractivity contribution in [3.05, 3.63) is 29.3 Å². The summed E-state index contributed by atoms with van der Waals surface area (Å²) in [5, 5.41) is 36.3. The number of benzene rings is 1. The van der Waals surface area contributed by atoms with Crippen LogP contribution in [0, 0.1) is 18.3 Å². The first-order chi connectivity index (χ1) is 6.57. The zero-order valence-corrected chi connectivity index (χ0v) is 7.68. The Morgan fingerprint density at radius 2 is 2.00 bits per heavy atom. The molecule has 0 aliphatic carbocycles. The Labute approximate surface area is 81.7 Å². The van der Waals surface area contributed by atoms with Crippen LogP contribution in [0.25, 0.3) is 0 Å². The normalized spacial score (nSPS) is 14.4. The molecule has 3 N–H and O–H groups in total. The van der Waals surface area contributed by atoms with Gasteiger partial charge in [0.2, 0.25) is 0 Å². The quantitative estimate of drug-likeness (QED) is 0.601. The molecular formula is C10H11NO3. The zero-order valence-electron chi connectivity index (χ0n) is 7.68. The largest absolute Gasteiger partial charge is 0.508 e. The first kappa shape index (κ1) is 10.5. The van der Waals surface area contributed by atoms with Gasteiger partial charge >= 0.3 is 0 Å². The minimum Gasteiger partial charge on any atom is -0.508 e. The lowest BCUT2D eigenvalue weighted by molar-refractivity contribution is 0.0522. The second-order valence-electron chi connectivity index (χ2n) is 3.01. The summed E-state index contributed by atoms with van der Waals surface area (Å²) in [6, 6.07) is 6.11. The number of hydrogen-bond donors (Lipinski definition) is 3. The van der Waals surface area contributed by atoms with Crippen LogP contribution in [0.15, 0.2) is 18.2 Å². The SMILES string of the molecule is Cc1c(O)cccc1C(O)C(O)C#N. The van der Waals surface area contributed by atoms with E-state index in [1.165, 1.54) is 12.1 Å². The van der Waals surface area contributed by atoms with Crippen molar-refractivity contribution in [3.63, 3.8) is 0 Å². The molecule has 4 heteroatoms. The average molecular weight is 193 g/mol. The molecule has 1 rings (SSSR count). The van der Waals surface area contributed by atoms with E-state index >= 15 is 0 Å². The van der Waals surface area contributed by atoms with Gasteiger partial charge in [-0.25, -0.2) is 0 Å². The Morgan fingerprint density at radius 1 is 1.36 bits per heavy atom. The lowest BCUT2D eigenvalue weighted by Crippen LogP contribution is -2.16. The maximum absolute atomic E-state index is 9.51. The smallest absolute Gasteiger partial charge is 0.170 e. The second-order valence-corrected chi connectivity index (χ2v) is 3.01. The van der Waals surface area contributed by atoms with Gasteiger partial charge in [0.15, 0.2) is 6.10 Å². The summed E-state index contributed by atoms with van der Waals surface area (Å²) in [6.07, 6.45) is -2.76. The van der Waals surface area contributed by atoms with Crippen molar-refractivity contribution in [2.45, 2.75) is 19.1 Å². The van der Waals surface area contributed by atoms with Crippen molar-refractivity contribution in [1.82, 2.24) is 0 Å². The molecule has 0 aliphatic rings. The van der Waals surface area contributed by atoms with Crippen LogP contribution in [-0.2, 0) is 0 Å². The van der Waals surface area contributed by atoms with Crippen LogP contribution >= 0.6 is 0 Å². The first-order valence-corrected chi connectivity index (χ1v) is 4.12. The summed E-state index contributed by atoms with van der Waals surface area (Å²) in [5.74, 6) is 0.0340. The van der Waals surface area contributed by atoms with Gasteiger partial charge in [0, 0.05) is 0 Å². The van der Waals surface area contributed by atoms with Crippen molar-refractivity contribution >= 4 is 0 Å². The number of rotatable bonds is 2. The molecule has 2 atom stereocenters. The second kappa shape index (κ2) is 4.09. The molecule has 0 amide bonds. The van der Waals surface area contributed by atoms with E-state index in [2.05, 4.69) is 0 Å². The monoisotopic (exact) mass is 193 g/mol. The number of aromatic hydroxyl groups is 1. The molecule has 0 heterocycles. The third-order valence-corrected chi connectivity index (χ3v) is 2.10. The Bertz CT molecular complexity index is 370. The number of aliphatic hydroxyl groups excluding tert-OH is 2. The van der Waals surface area contributed by atoms with Gasteiger partial charge in [0.1, 0.15) is 11.9 Å². The number of phenols is 1. The van der Waals surface area contributed by atoms with Crippen LogP contribution in [0.2, 0.25) is 0 Å². The van der Waals surface area contributed by atoms with E-state index in [0.29, 0.717) is 11.1 Å². The molecular weight excluding hydrogens is 182 g/mol. The fourth-order valence-corrected chi connectivity index (χ4v) is 1.20. The fraction of sp³-hybridized carbons (Fsp3) is 0.300. The Kier molecular flexibility index (Phi) is 3.07. The van der Waals surface area contributed by atoms with Gasteiger partial charge in [-0.2, -0.15) is 5.26 Å². The molecule has 4 nitrogen and oxygen atoms in total. The summed E-state index contributed by atoms with van der Waals surface area (Å²) in [4.78, 5) is 0. The molecule has 0 radical (unpaired) electrons. The van der Waals surface area contributed by atoms with Gasteiger partial charge in [0.05, 0.1) is 6.07 Å². The topological polar surface area (TPSA) is 84.5 Å². The molecule has 14 heavy (non-hydrogen) atoms. The molecule has 1 aromatic carbocycles. The standard InChI is InChI=1S/C10H11NO3/c1-6-7(3-2-4-8(6)12)10(14)9(13)5-11/h2-4,9-10,12-14H,1H3. The molecule has 0 saturated heterocycles. The number of phenolic OH excluding ortho intramolecular Hbond substituents is 1. The number of nitriles is 1. The van der Waals surface area contributed by atoms with Gasteiger partial charge in [-0.15, -0.1) is 0 Å². The van der Waals surface area contributed by atoms with Crippen LogP contribution in [0.3, 0.4) is 0 Å². The Balaban J connectivity index is 3.08. The molecule has 0 aliphatic heterocycles. The summed E-state index contributed by atoms with van der Waals surface area (Å²) in [5.41, 5.74) is 0.827. The van der Waals surface area contributed by atoms with Crippen molar-refractivity contribution in [1.29, 1.82) is 5.26 Å². The van der Waals surface area contributed by atoms with Crippen LogP contribution < -0.4 is 0 Å². The molecule has 74 valence electrons. The van der Waals surface area contributed by atoms with Crippen LogP contribution in [-0.4, -0.2) is 21.4 Å². The van der Waals surface area contributed by atoms with Crippen LogP contribution in [0.1, 0.15) is 17.2 Å². The first-order valence-electron chi connectivity index (χ1n) is 4.12. The maximum atomic E-state index is 9.51. The van der Waals surface area contributed by atoms with Crippen molar-refractivity contribution in [2.75, 3.05) is 0 Å². The minimum atomic E-state index is -1.48. The summed E-state index contributed by atoms with van der Waals surface area (Å²) in [7, 11) is 0. The minimum absolute atomic E-state index is 0.0340. The van der Waals surface area contributed by atoms with Gasteiger partial charge < -0.3 is 15.3 Å². The number of hydrogen-bond acceptors (Lipinski definition) is 4. The van der Waals surface area contributed by atoms with Crippen LogP contribution in [0.5, 0.6) is 5.75 Å². The molecule has 0 bridgehead atoms. The van der Waals surface area contributed by atoms with Gasteiger partial charge in [0.25, 0.3) is 0 Å². The van der Waals surface area contributed by atoms with Gasteiger partial charge in [-0.1, -0.05) is 12.1 Å². The zero-order chi connectivity index (χ0) is 10.7. The highest BCUT2D eigenvalue weighted by Crippen LogP contribution is 2.26. The molecule has 0 spiro atoms. The summed E-state index contributed by atoms with van der Waals surface area (Å²) >= 11 is 0. The molecule has 0 aromatic heterocycles. The number of nitrogens with zero attached hydrogens (tertiary/aromatic N) is 1. The van der Waals surface area contributed by atoms with E-state index in [1.807, 2.05) is 0 Å². The lowest BCUT2D eigenvalue weighted by atomic mass is 9.99. The summed E-state index contributed by atoms with van der Waals surface area (Å²) < 4.78 is 0. The van der Waals surface area contributed by atoms with E-state index in [0.717, 1.165) is 0 Å². The number of aliphatic hydroxyl groups is 2. The van der Waals surface area contributed by atoms with Crippen molar-refractivity contribution in [2.24, 2.45) is 0 Å². The Hall–Kier alpha value is -1.57. The van der Waals surface area contributed by atoms with E-state index in [1.54, 1.807) is 19.1 Å². The average Bonchev–Trinajstić information content (AvgIpc) is 2.20.